The topological polar surface area (TPSA) is 62.2 Å². The third-order valence-corrected chi connectivity index (χ3v) is 8.76. The molecule has 6 rings (SSSR count). The molecule has 0 spiro atoms. The monoisotopic (exact) mass is 581 g/mol. The number of piperazine rings is 1. The molecule has 212 valence electrons. The van der Waals surface area contributed by atoms with Crippen LogP contribution in [0, 0.1) is 4.51 Å². The highest BCUT2D eigenvalue weighted by Gasteiger charge is 2.27. The van der Waals surface area contributed by atoms with Gasteiger partial charge in [0.25, 0.3) is 5.91 Å². The van der Waals surface area contributed by atoms with Gasteiger partial charge in [0, 0.05) is 75.5 Å². The van der Waals surface area contributed by atoms with Crippen molar-refractivity contribution in [2.24, 2.45) is 0 Å². The SMILES string of the molecule is CN1CCN(CC2Cn3cc(C(=O)NCc4ccc(Cl)cc4)c(=S)c4cc(CN5CCOCC5)cc(c43)O2)CC1. The van der Waals surface area contributed by atoms with Crippen LogP contribution in [-0.2, 0) is 24.4 Å². The Kier molecular flexibility index (Phi) is 8.39. The van der Waals surface area contributed by atoms with Crippen LogP contribution >= 0.6 is 23.8 Å². The van der Waals surface area contributed by atoms with Gasteiger partial charge in [0.15, 0.2) is 0 Å². The van der Waals surface area contributed by atoms with Crippen LogP contribution < -0.4 is 10.1 Å². The molecule has 2 aromatic carbocycles. The molecule has 3 aliphatic heterocycles. The maximum Gasteiger partial charge on any atom is 0.254 e. The van der Waals surface area contributed by atoms with E-state index in [-0.39, 0.29) is 12.0 Å². The number of hydrogen-bond acceptors (Lipinski definition) is 7. The number of hydrogen-bond donors (Lipinski definition) is 1. The molecular weight excluding hydrogens is 546 g/mol. The van der Waals surface area contributed by atoms with Gasteiger partial charge in [0.2, 0.25) is 0 Å². The van der Waals surface area contributed by atoms with Crippen LogP contribution in [0.4, 0.5) is 0 Å². The zero-order chi connectivity index (χ0) is 27.6. The number of aromatic nitrogens is 1. The van der Waals surface area contributed by atoms with E-state index in [1.807, 2.05) is 30.5 Å². The van der Waals surface area contributed by atoms with E-state index < -0.39 is 0 Å². The molecule has 1 aromatic heterocycles. The zero-order valence-corrected chi connectivity index (χ0v) is 24.5. The number of carbonyl (C=O) groups is 1. The second kappa shape index (κ2) is 12.1. The van der Waals surface area contributed by atoms with E-state index in [4.69, 9.17) is 33.3 Å². The predicted molar refractivity (Wildman–Crippen MR) is 160 cm³/mol. The molecule has 1 N–H and O–H groups in total. The standard InChI is InChI=1S/C30H36ClN5O3S/c1-33-6-8-34(9-7-33)18-24-19-36-20-26(30(37)32-16-21-2-4-23(31)5-3-21)29(40)25-14-22(15-27(39-24)28(25)36)17-35-10-12-38-13-11-35/h2-5,14-15,20,24H,6-13,16-19H2,1H3,(H,32,37). The smallest absolute Gasteiger partial charge is 0.254 e. The number of nitrogens with one attached hydrogen (secondary N) is 1. The van der Waals surface area contributed by atoms with Gasteiger partial charge >= 0.3 is 0 Å². The Morgan fingerprint density at radius 3 is 2.52 bits per heavy atom. The minimum absolute atomic E-state index is 0.0105. The van der Waals surface area contributed by atoms with Crippen LogP contribution in [0.1, 0.15) is 21.5 Å². The highest BCUT2D eigenvalue weighted by Crippen LogP contribution is 2.35. The van der Waals surface area contributed by atoms with Crippen molar-refractivity contribution in [3.05, 3.63) is 68.8 Å². The van der Waals surface area contributed by atoms with Crippen molar-refractivity contribution in [1.29, 1.82) is 0 Å². The Bertz CT molecular complexity index is 1430. The number of ether oxygens (including phenoxy) is 2. The average Bonchev–Trinajstić information content (AvgIpc) is 2.96. The molecule has 0 radical (unpaired) electrons. The molecule has 8 nitrogen and oxygen atoms in total. The van der Waals surface area contributed by atoms with E-state index in [0.29, 0.717) is 28.2 Å². The molecule has 0 bridgehead atoms. The molecule has 2 fully saturated rings. The summed E-state index contributed by atoms with van der Waals surface area (Å²) in [5, 5.41) is 4.62. The minimum atomic E-state index is -0.173. The number of nitrogens with zero attached hydrogens (tertiary/aromatic N) is 4. The van der Waals surface area contributed by atoms with Crippen LogP contribution in [-0.4, -0.2) is 97.4 Å². The van der Waals surface area contributed by atoms with Gasteiger partial charge in [-0.05, 0) is 42.4 Å². The van der Waals surface area contributed by atoms with E-state index in [0.717, 1.165) is 93.4 Å². The minimum Gasteiger partial charge on any atom is -0.485 e. The lowest BCUT2D eigenvalue weighted by atomic mass is 10.0. The number of carbonyl (C=O) groups excluding carboxylic acids is 1. The summed E-state index contributed by atoms with van der Waals surface area (Å²) in [4.78, 5) is 20.7. The van der Waals surface area contributed by atoms with Crippen molar-refractivity contribution in [3.63, 3.8) is 0 Å². The molecular formula is C30H36ClN5O3S. The molecule has 0 saturated carbocycles. The molecule has 0 aliphatic carbocycles. The largest absolute Gasteiger partial charge is 0.485 e. The summed E-state index contributed by atoms with van der Waals surface area (Å²) in [5.74, 6) is 0.679. The number of halogens is 1. The first-order valence-electron chi connectivity index (χ1n) is 14.0. The second-order valence-corrected chi connectivity index (χ2v) is 11.9. The van der Waals surface area contributed by atoms with E-state index in [9.17, 15) is 4.79 Å². The Morgan fingerprint density at radius 2 is 1.77 bits per heavy atom. The first kappa shape index (κ1) is 27.6. The predicted octanol–water partition coefficient (Wildman–Crippen LogP) is 3.79. The van der Waals surface area contributed by atoms with Crippen molar-refractivity contribution < 1.29 is 14.3 Å². The molecule has 3 aromatic rings. The van der Waals surface area contributed by atoms with Gasteiger partial charge in [0.1, 0.15) is 11.9 Å². The maximum absolute atomic E-state index is 13.5. The third-order valence-electron chi connectivity index (χ3n) is 8.07. The fourth-order valence-corrected chi connectivity index (χ4v) is 6.22. The van der Waals surface area contributed by atoms with Gasteiger partial charge in [-0.3, -0.25) is 14.6 Å². The molecule has 4 heterocycles. The van der Waals surface area contributed by atoms with Crippen LogP contribution in [0.2, 0.25) is 5.02 Å². The summed E-state index contributed by atoms with van der Waals surface area (Å²) >= 11 is 12.0. The van der Waals surface area contributed by atoms with Crippen molar-refractivity contribution in [2.75, 3.05) is 66.1 Å². The van der Waals surface area contributed by atoms with E-state index in [2.05, 4.69) is 43.8 Å². The summed E-state index contributed by atoms with van der Waals surface area (Å²) in [5.41, 5.74) is 3.61. The first-order valence-corrected chi connectivity index (χ1v) is 14.8. The Hall–Kier alpha value is -2.53. The summed E-state index contributed by atoms with van der Waals surface area (Å²) < 4.78 is 14.9. The number of benzene rings is 2. The van der Waals surface area contributed by atoms with E-state index in [1.165, 1.54) is 0 Å². The van der Waals surface area contributed by atoms with Gasteiger partial charge in [0.05, 0.1) is 35.3 Å². The van der Waals surface area contributed by atoms with Crippen molar-refractivity contribution in [1.82, 2.24) is 24.6 Å². The number of rotatable bonds is 7. The highest BCUT2D eigenvalue weighted by atomic mass is 35.5. The highest BCUT2D eigenvalue weighted by molar-refractivity contribution is 7.71. The summed E-state index contributed by atoms with van der Waals surface area (Å²) in [7, 11) is 2.17. The van der Waals surface area contributed by atoms with Crippen LogP contribution in [0.3, 0.4) is 0 Å². The number of amides is 1. The van der Waals surface area contributed by atoms with Crippen LogP contribution in [0.25, 0.3) is 10.9 Å². The lowest BCUT2D eigenvalue weighted by molar-refractivity contribution is 0.0341. The quantitative estimate of drug-likeness (QED) is 0.426. The van der Waals surface area contributed by atoms with Crippen LogP contribution in [0.15, 0.2) is 42.6 Å². The summed E-state index contributed by atoms with van der Waals surface area (Å²) in [6.07, 6.45) is 1.91. The Morgan fingerprint density at radius 1 is 1.02 bits per heavy atom. The molecule has 1 amide bonds. The van der Waals surface area contributed by atoms with Crippen molar-refractivity contribution >= 4 is 40.6 Å². The molecule has 2 saturated heterocycles. The van der Waals surface area contributed by atoms with Gasteiger partial charge in [-0.25, -0.2) is 0 Å². The van der Waals surface area contributed by atoms with Gasteiger partial charge in [-0.2, -0.15) is 0 Å². The molecule has 40 heavy (non-hydrogen) atoms. The lowest BCUT2D eigenvalue weighted by Gasteiger charge is -2.37. The lowest BCUT2D eigenvalue weighted by Crippen LogP contribution is -2.49. The van der Waals surface area contributed by atoms with E-state index in [1.54, 1.807) is 0 Å². The fourth-order valence-electron chi connectivity index (χ4n) is 5.79. The molecule has 1 unspecified atom stereocenters. The summed E-state index contributed by atoms with van der Waals surface area (Å²) in [6, 6.07) is 11.8. The average molecular weight is 582 g/mol. The van der Waals surface area contributed by atoms with Gasteiger partial charge < -0.3 is 24.3 Å². The molecule has 10 heteroatoms. The number of pyridine rings is 1. The van der Waals surface area contributed by atoms with E-state index >= 15 is 0 Å². The number of morpholine rings is 1. The van der Waals surface area contributed by atoms with Crippen molar-refractivity contribution in [2.45, 2.75) is 25.7 Å². The van der Waals surface area contributed by atoms with Gasteiger partial charge in [-0.15, -0.1) is 0 Å². The zero-order valence-electron chi connectivity index (χ0n) is 22.9. The normalized spacial score (nSPS) is 20.4. The first-order chi connectivity index (χ1) is 19.4. The maximum atomic E-state index is 13.5. The Balaban J connectivity index is 1.31. The number of likely N-dealkylation sites (N-methyl/N-ethyl adjacent to an activating group) is 1. The molecule has 1 atom stereocenters. The van der Waals surface area contributed by atoms with Gasteiger partial charge in [-0.1, -0.05) is 36.0 Å². The fraction of sp³-hybridized carbons (Fsp3) is 0.467. The molecule has 3 aliphatic rings. The third kappa shape index (κ3) is 6.20. The summed E-state index contributed by atoms with van der Waals surface area (Å²) in [6.45, 7) is 10.2. The van der Waals surface area contributed by atoms with Crippen molar-refractivity contribution in [3.8, 4) is 5.75 Å². The Labute approximate surface area is 245 Å². The van der Waals surface area contributed by atoms with Crippen LogP contribution in [0.5, 0.6) is 5.75 Å². The second-order valence-electron chi connectivity index (χ2n) is 11.1.